The molecule has 1 unspecified atom stereocenters. The van der Waals surface area contributed by atoms with E-state index in [0.717, 1.165) is 12.8 Å². The number of allylic oxidation sites excluding steroid dienone is 2. The molecule has 3 heterocycles. The van der Waals surface area contributed by atoms with E-state index in [-0.39, 0.29) is 34.7 Å². The Morgan fingerprint density at radius 1 is 0.950 bits per heavy atom. The van der Waals surface area contributed by atoms with Crippen LogP contribution in [0.5, 0.6) is 0 Å². The van der Waals surface area contributed by atoms with Gasteiger partial charge in [0.1, 0.15) is 5.92 Å². The van der Waals surface area contributed by atoms with Crippen molar-refractivity contribution in [2.24, 2.45) is 16.7 Å². The molecule has 0 aromatic rings. The highest BCUT2D eigenvalue weighted by Crippen LogP contribution is 2.68. The lowest BCUT2D eigenvalue weighted by atomic mass is 9.42. The monoisotopic (exact) mass is 268 g/mol. The fourth-order valence-electron chi connectivity index (χ4n) is 4.98. The summed E-state index contributed by atoms with van der Waals surface area (Å²) in [6, 6.07) is 0.00713. The minimum Gasteiger partial charge on any atom is -0.272 e. The molecule has 4 nitrogen and oxygen atoms in total. The van der Waals surface area contributed by atoms with Crippen molar-refractivity contribution >= 4 is 11.8 Å². The molecule has 102 valence electrons. The van der Waals surface area contributed by atoms with Gasteiger partial charge in [-0.25, -0.2) is 10.0 Å². The molecule has 5 atom stereocenters. The SMILES string of the molecule is CC1C(=O)N2[C@H]3C=C[C@@H](N2C1=O)[C@@]12C=C[C@]31CC=CC2. The van der Waals surface area contributed by atoms with Gasteiger partial charge in [-0.3, -0.25) is 9.59 Å². The van der Waals surface area contributed by atoms with Gasteiger partial charge in [-0.1, -0.05) is 36.5 Å². The second-order valence-electron chi connectivity index (χ2n) is 6.66. The maximum atomic E-state index is 12.5. The third-order valence-electron chi connectivity index (χ3n) is 6.11. The van der Waals surface area contributed by atoms with E-state index in [4.69, 9.17) is 0 Å². The topological polar surface area (TPSA) is 40.6 Å². The average molecular weight is 268 g/mol. The third-order valence-corrected chi connectivity index (χ3v) is 6.11. The zero-order valence-electron chi connectivity index (χ0n) is 11.3. The van der Waals surface area contributed by atoms with Gasteiger partial charge in [-0.05, 0) is 19.8 Å². The zero-order chi connectivity index (χ0) is 13.7. The molecule has 6 rings (SSSR count). The molecule has 6 aliphatic rings. The predicted octanol–water partition coefficient (Wildman–Crippen LogP) is 1.42. The summed E-state index contributed by atoms with van der Waals surface area (Å²) in [5.74, 6) is -0.598. The van der Waals surface area contributed by atoms with E-state index in [1.165, 1.54) is 0 Å². The normalized spacial score (nSPS) is 50.1. The fourth-order valence-corrected chi connectivity index (χ4v) is 4.98. The molecule has 0 radical (unpaired) electrons. The van der Waals surface area contributed by atoms with Crippen molar-refractivity contribution in [3.63, 3.8) is 0 Å². The van der Waals surface area contributed by atoms with Gasteiger partial charge in [0, 0.05) is 10.8 Å². The van der Waals surface area contributed by atoms with Crippen LogP contribution in [0.1, 0.15) is 19.8 Å². The van der Waals surface area contributed by atoms with Crippen molar-refractivity contribution in [2.45, 2.75) is 31.8 Å². The predicted molar refractivity (Wildman–Crippen MR) is 72.0 cm³/mol. The van der Waals surface area contributed by atoms with Crippen molar-refractivity contribution in [2.75, 3.05) is 0 Å². The summed E-state index contributed by atoms with van der Waals surface area (Å²) in [7, 11) is 0. The number of carbonyl (C=O) groups is 2. The van der Waals surface area contributed by atoms with Crippen molar-refractivity contribution in [3.05, 3.63) is 36.5 Å². The Balaban J connectivity index is 1.75. The van der Waals surface area contributed by atoms with Crippen LogP contribution in [0, 0.1) is 16.7 Å². The van der Waals surface area contributed by atoms with E-state index in [2.05, 4.69) is 36.5 Å². The highest BCUT2D eigenvalue weighted by molar-refractivity contribution is 6.06. The molecule has 2 saturated heterocycles. The third kappa shape index (κ3) is 0.799. The summed E-state index contributed by atoms with van der Waals surface area (Å²) < 4.78 is 0. The Labute approximate surface area is 117 Å². The number of hydrogen-bond acceptors (Lipinski definition) is 2. The number of nitrogens with zero attached hydrogens (tertiary/aromatic N) is 2. The maximum absolute atomic E-state index is 12.5. The molecular weight excluding hydrogens is 252 g/mol. The lowest BCUT2D eigenvalue weighted by Gasteiger charge is -2.70. The molecule has 2 bridgehead atoms. The largest absolute Gasteiger partial charge is 0.272 e. The van der Waals surface area contributed by atoms with Crippen LogP contribution in [0.4, 0.5) is 0 Å². The molecule has 3 aliphatic carbocycles. The summed E-state index contributed by atoms with van der Waals surface area (Å²) in [5, 5.41) is 3.50. The fraction of sp³-hybridized carbons (Fsp3) is 0.500. The average Bonchev–Trinajstić information content (AvgIpc) is 2.67. The van der Waals surface area contributed by atoms with Gasteiger partial charge in [0.05, 0.1) is 12.1 Å². The van der Waals surface area contributed by atoms with Gasteiger partial charge >= 0.3 is 0 Å². The highest BCUT2D eigenvalue weighted by atomic mass is 16.2. The first-order chi connectivity index (χ1) is 9.62. The van der Waals surface area contributed by atoms with Crippen LogP contribution in [-0.4, -0.2) is 33.9 Å². The Morgan fingerprint density at radius 2 is 1.40 bits per heavy atom. The molecule has 0 spiro atoms. The summed E-state index contributed by atoms with van der Waals surface area (Å²) >= 11 is 0. The van der Waals surface area contributed by atoms with Crippen LogP contribution in [0.25, 0.3) is 0 Å². The van der Waals surface area contributed by atoms with Crippen LogP contribution in [0.2, 0.25) is 0 Å². The smallest absolute Gasteiger partial charge is 0.254 e. The molecule has 20 heavy (non-hydrogen) atoms. The maximum Gasteiger partial charge on any atom is 0.254 e. The van der Waals surface area contributed by atoms with Crippen LogP contribution in [0.15, 0.2) is 36.5 Å². The number of carbonyl (C=O) groups excluding carboxylic acids is 2. The van der Waals surface area contributed by atoms with Gasteiger partial charge in [-0.2, -0.15) is 0 Å². The van der Waals surface area contributed by atoms with E-state index in [1.54, 1.807) is 16.9 Å². The molecule has 0 N–H and O–H groups in total. The minimum absolute atomic E-state index is 0.00356. The van der Waals surface area contributed by atoms with E-state index in [9.17, 15) is 9.59 Å². The molecule has 0 saturated carbocycles. The molecule has 0 aromatic heterocycles. The molecular formula is C16H16N2O2. The van der Waals surface area contributed by atoms with Crippen molar-refractivity contribution < 1.29 is 9.59 Å². The summed E-state index contributed by atoms with van der Waals surface area (Å²) in [6.45, 7) is 1.73. The van der Waals surface area contributed by atoms with Crippen LogP contribution >= 0.6 is 0 Å². The molecule has 2 fully saturated rings. The quantitative estimate of drug-likeness (QED) is 0.492. The van der Waals surface area contributed by atoms with E-state index in [1.807, 2.05) is 0 Å². The van der Waals surface area contributed by atoms with E-state index in [0.29, 0.717) is 0 Å². The van der Waals surface area contributed by atoms with Gasteiger partial charge in [0.25, 0.3) is 11.8 Å². The Morgan fingerprint density at radius 3 is 1.80 bits per heavy atom. The Bertz CT molecular complexity index is 597. The van der Waals surface area contributed by atoms with Crippen LogP contribution < -0.4 is 0 Å². The van der Waals surface area contributed by atoms with E-state index >= 15 is 0 Å². The zero-order valence-corrected chi connectivity index (χ0v) is 11.3. The van der Waals surface area contributed by atoms with Gasteiger partial charge in [-0.15, -0.1) is 0 Å². The number of amides is 2. The van der Waals surface area contributed by atoms with Crippen LogP contribution in [-0.2, 0) is 9.59 Å². The standard InChI is InChI=1S/C16H16N2O2/c1-10-13(19)17-11-4-5-12(18(17)14(10)20)16-7-3-2-6-15(11,16)8-9-16/h2-5,8-12H,6-7H2,1H3/t10?,11-,12+,15-,16-/m1/s1. The number of hydrazine groups is 1. The Hall–Kier alpha value is -1.84. The molecule has 3 aliphatic heterocycles. The van der Waals surface area contributed by atoms with Gasteiger partial charge in [0.2, 0.25) is 0 Å². The molecule has 2 amide bonds. The second-order valence-corrected chi connectivity index (χ2v) is 6.66. The summed E-state index contributed by atoms with van der Waals surface area (Å²) in [4.78, 5) is 24.9. The lowest BCUT2D eigenvalue weighted by molar-refractivity contribution is -0.203. The first kappa shape index (κ1) is 10.9. The molecule has 4 heteroatoms. The summed E-state index contributed by atoms with van der Waals surface area (Å²) in [6.07, 6.45) is 15.2. The first-order valence-electron chi connectivity index (χ1n) is 7.32. The van der Waals surface area contributed by atoms with Crippen molar-refractivity contribution in [1.29, 1.82) is 0 Å². The lowest BCUT2D eigenvalue weighted by Crippen LogP contribution is -2.76. The minimum atomic E-state index is -0.528. The van der Waals surface area contributed by atoms with Gasteiger partial charge < -0.3 is 0 Å². The second kappa shape index (κ2) is 2.92. The van der Waals surface area contributed by atoms with Gasteiger partial charge in [0.15, 0.2) is 0 Å². The van der Waals surface area contributed by atoms with Crippen molar-refractivity contribution in [1.82, 2.24) is 10.0 Å². The first-order valence-corrected chi connectivity index (χ1v) is 7.32. The number of hydrogen-bond donors (Lipinski definition) is 0. The van der Waals surface area contributed by atoms with Crippen molar-refractivity contribution in [3.8, 4) is 0 Å². The number of rotatable bonds is 0. The highest BCUT2D eigenvalue weighted by Gasteiger charge is 2.72. The summed E-state index contributed by atoms with van der Waals surface area (Å²) in [5.41, 5.74) is 0.0231. The molecule has 0 aromatic carbocycles. The van der Waals surface area contributed by atoms with Crippen LogP contribution in [0.3, 0.4) is 0 Å². The van der Waals surface area contributed by atoms with E-state index < -0.39 is 5.92 Å². The Kier molecular flexibility index (Phi) is 1.59.